The number of aromatic amines is 1. The Kier molecular flexibility index (Phi) is 3.32. The summed E-state index contributed by atoms with van der Waals surface area (Å²) in [7, 11) is 0. The Morgan fingerprint density at radius 2 is 2.18 bits per heavy atom. The molecule has 0 saturated heterocycles. The number of likely N-dealkylation sites (N-methyl/N-ethyl adjacent to an activating group) is 1. The van der Waals surface area contributed by atoms with Crippen molar-refractivity contribution in [3.05, 3.63) is 36.0 Å². The molecule has 3 N–H and O–H groups in total. The predicted molar refractivity (Wildman–Crippen MR) is 68.8 cm³/mol. The quantitative estimate of drug-likeness (QED) is 0.831. The molecule has 90 valence electrons. The van der Waals surface area contributed by atoms with Gasteiger partial charge < -0.3 is 15.6 Å². The number of nitrogens with zero attached hydrogens (tertiary/aromatic N) is 1. The zero-order chi connectivity index (χ0) is 12.3. The van der Waals surface area contributed by atoms with Gasteiger partial charge in [-0.3, -0.25) is 0 Å². The van der Waals surface area contributed by atoms with Crippen LogP contribution in [-0.4, -0.2) is 29.0 Å². The number of carbonyl (C=O) groups excluding carboxylic acids is 1. The molecule has 0 unspecified atom stereocenters. The second-order valence-electron chi connectivity index (χ2n) is 4.03. The van der Waals surface area contributed by atoms with Crippen LogP contribution in [0.3, 0.4) is 0 Å². The number of nitrogens with one attached hydrogen (secondary N) is 1. The van der Waals surface area contributed by atoms with Gasteiger partial charge in [-0.15, -0.1) is 0 Å². The Bertz CT molecular complexity index is 518. The number of urea groups is 1. The number of nitrogens with two attached hydrogens (primary N) is 1. The third-order valence-electron chi connectivity index (χ3n) is 3.02. The number of carbonyl (C=O) groups is 1. The first-order valence-corrected chi connectivity index (χ1v) is 5.81. The first kappa shape index (κ1) is 11.5. The van der Waals surface area contributed by atoms with E-state index in [1.54, 1.807) is 4.90 Å². The van der Waals surface area contributed by atoms with Crippen LogP contribution in [0.25, 0.3) is 10.9 Å². The largest absolute Gasteiger partial charge is 0.361 e. The second kappa shape index (κ2) is 4.91. The number of benzene rings is 1. The summed E-state index contributed by atoms with van der Waals surface area (Å²) in [5.74, 6) is 0. The maximum absolute atomic E-state index is 11.1. The van der Waals surface area contributed by atoms with E-state index in [0.717, 1.165) is 11.9 Å². The van der Waals surface area contributed by atoms with Crippen LogP contribution >= 0.6 is 0 Å². The summed E-state index contributed by atoms with van der Waals surface area (Å²) in [5.41, 5.74) is 7.63. The van der Waals surface area contributed by atoms with Crippen LogP contribution in [0.4, 0.5) is 4.79 Å². The highest BCUT2D eigenvalue weighted by Gasteiger charge is 2.08. The molecule has 1 heterocycles. The standard InChI is InChI=1S/C13H17N3O/c1-2-16(13(14)17)8-7-10-9-15-12-6-4-3-5-11(10)12/h3-6,9,15H,2,7-8H2,1H3,(H2,14,17). The van der Waals surface area contributed by atoms with Gasteiger partial charge >= 0.3 is 6.03 Å². The fourth-order valence-corrected chi connectivity index (χ4v) is 2.02. The molecule has 4 heteroatoms. The Morgan fingerprint density at radius 3 is 2.88 bits per heavy atom. The van der Waals surface area contributed by atoms with Crippen molar-refractivity contribution in [1.29, 1.82) is 0 Å². The molecule has 0 fully saturated rings. The van der Waals surface area contributed by atoms with E-state index < -0.39 is 0 Å². The smallest absolute Gasteiger partial charge is 0.314 e. The van der Waals surface area contributed by atoms with Crippen LogP contribution in [0.2, 0.25) is 0 Å². The van der Waals surface area contributed by atoms with Crippen LogP contribution in [0.1, 0.15) is 12.5 Å². The van der Waals surface area contributed by atoms with Crippen molar-refractivity contribution < 1.29 is 4.79 Å². The predicted octanol–water partition coefficient (Wildman–Crippen LogP) is 2.11. The monoisotopic (exact) mass is 231 g/mol. The minimum atomic E-state index is -0.354. The van der Waals surface area contributed by atoms with Gasteiger partial charge in [0, 0.05) is 30.2 Å². The lowest BCUT2D eigenvalue weighted by atomic mass is 10.1. The van der Waals surface area contributed by atoms with Crippen molar-refractivity contribution in [2.75, 3.05) is 13.1 Å². The van der Waals surface area contributed by atoms with Crippen LogP contribution in [-0.2, 0) is 6.42 Å². The van der Waals surface area contributed by atoms with Crippen LogP contribution < -0.4 is 5.73 Å². The van der Waals surface area contributed by atoms with Gasteiger partial charge in [-0.25, -0.2) is 4.79 Å². The first-order valence-electron chi connectivity index (χ1n) is 5.81. The summed E-state index contributed by atoms with van der Waals surface area (Å²) in [4.78, 5) is 16.0. The summed E-state index contributed by atoms with van der Waals surface area (Å²) < 4.78 is 0. The lowest BCUT2D eigenvalue weighted by Gasteiger charge is -2.17. The lowest BCUT2D eigenvalue weighted by molar-refractivity contribution is 0.211. The van der Waals surface area contributed by atoms with E-state index in [2.05, 4.69) is 11.1 Å². The van der Waals surface area contributed by atoms with Gasteiger partial charge in [0.2, 0.25) is 0 Å². The third-order valence-corrected chi connectivity index (χ3v) is 3.02. The zero-order valence-electron chi connectivity index (χ0n) is 9.94. The summed E-state index contributed by atoms with van der Waals surface area (Å²) in [6.45, 7) is 3.24. The molecule has 0 spiro atoms. The summed E-state index contributed by atoms with van der Waals surface area (Å²) in [5, 5.41) is 1.22. The topological polar surface area (TPSA) is 62.1 Å². The maximum Gasteiger partial charge on any atom is 0.314 e. The molecule has 0 saturated carbocycles. The van der Waals surface area contributed by atoms with Crippen molar-refractivity contribution in [3.8, 4) is 0 Å². The molecule has 0 aliphatic carbocycles. The van der Waals surface area contributed by atoms with Crippen LogP contribution in [0.5, 0.6) is 0 Å². The van der Waals surface area contributed by atoms with Crippen molar-refractivity contribution >= 4 is 16.9 Å². The molecular formula is C13H17N3O. The number of hydrogen-bond acceptors (Lipinski definition) is 1. The van der Waals surface area contributed by atoms with Gasteiger partial charge in [-0.2, -0.15) is 0 Å². The zero-order valence-corrected chi connectivity index (χ0v) is 9.94. The van der Waals surface area contributed by atoms with E-state index in [-0.39, 0.29) is 6.03 Å². The van der Waals surface area contributed by atoms with E-state index in [0.29, 0.717) is 13.1 Å². The number of fused-ring (bicyclic) bond motifs is 1. The van der Waals surface area contributed by atoms with Gasteiger partial charge in [-0.05, 0) is 25.0 Å². The molecule has 0 aliphatic rings. The molecule has 1 aromatic heterocycles. The lowest BCUT2D eigenvalue weighted by Crippen LogP contribution is -2.36. The number of amides is 2. The molecule has 0 atom stereocenters. The van der Waals surface area contributed by atoms with E-state index >= 15 is 0 Å². The van der Waals surface area contributed by atoms with Gasteiger partial charge in [-0.1, -0.05) is 18.2 Å². The second-order valence-corrected chi connectivity index (χ2v) is 4.03. The Hall–Kier alpha value is -1.97. The highest BCUT2D eigenvalue weighted by molar-refractivity contribution is 5.83. The summed E-state index contributed by atoms with van der Waals surface area (Å²) in [6, 6.07) is 7.80. The average Bonchev–Trinajstić information content (AvgIpc) is 2.73. The van der Waals surface area contributed by atoms with Crippen molar-refractivity contribution in [2.24, 2.45) is 5.73 Å². The molecule has 17 heavy (non-hydrogen) atoms. The SMILES string of the molecule is CCN(CCc1c[nH]c2ccccc12)C(N)=O. The van der Waals surface area contributed by atoms with Gasteiger partial charge in [0.05, 0.1) is 0 Å². The fraction of sp³-hybridized carbons (Fsp3) is 0.308. The van der Waals surface area contributed by atoms with Crippen LogP contribution in [0, 0.1) is 0 Å². The number of primary amides is 1. The minimum absolute atomic E-state index is 0.354. The van der Waals surface area contributed by atoms with Crippen molar-refractivity contribution in [1.82, 2.24) is 9.88 Å². The van der Waals surface area contributed by atoms with Gasteiger partial charge in [0.15, 0.2) is 0 Å². The van der Waals surface area contributed by atoms with Crippen LogP contribution in [0.15, 0.2) is 30.5 Å². The van der Waals surface area contributed by atoms with Gasteiger partial charge in [0.1, 0.15) is 0 Å². The van der Waals surface area contributed by atoms with Crippen molar-refractivity contribution in [3.63, 3.8) is 0 Å². The molecule has 2 rings (SSSR count). The summed E-state index contributed by atoms with van der Waals surface area (Å²) >= 11 is 0. The van der Waals surface area contributed by atoms with E-state index in [4.69, 9.17) is 5.73 Å². The molecule has 2 amide bonds. The Morgan fingerprint density at radius 1 is 1.41 bits per heavy atom. The van der Waals surface area contributed by atoms with E-state index in [9.17, 15) is 4.79 Å². The molecular weight excluding hydrogens is 214 g/mol. The van der Waals surface area contributed by atoms with E-state index in [1.807, 2.05) is 31.3 Å². The van der Waals surface area contributed by atoms with Crippen molar-refractivity contribution in [2.45, 2.75) is 13.3 Å². The Labute approximate surface area is 100 Å². The summed E-state index contributed by atoms with van der Waals surface area (Å²) in [6.07, 6.45) is 2.82. The van der Waals surface area contributed by atoms with E-state index in [1.165, 1.54) is 10.9 Å². The number of H-pyrrole nitrogens is 1. The minimum Gasteiger partial charge on any atom is -0.361 e. The number of aromatic nitrogens is 1. The first-order chi connectivity index (χ1) is 8.22. The molecule has 1 aromatic carbocycles. The molecule has 0 radical (unpaired) electrons. The Balaban J connectivity index is 2.11. The maximum atomic E-state index is 11.1. The highest BCUT2D eigenvalue weighted by atomic mass is 16.2. The highest BCUT2D eigenvalue weighted by Crippen LogP contribution is 2.18. The number of hydrogen-bond donors (Lipinski definition) is 2. The molecule has 4 nitrogen and oxygen atoms in total. The molecule has 2 aromatic rings. The molecule has 0 bridgehead atoms. The number of para-hydroxylation sites is 1. The normalized spacial score (nSPS) is 10.6. The average molecular weight is 231 g/mol. The van der Waals surface area contributed by atoms with Gasteiger partial charge in [0.25, 0.3) is 0 Å². The molecule has 0 aliphatic heterocycles. The number of rotatable bonds is 4. The third kappa shape index (κ3) is 2.41. The fourth-order valence-electron chi connectivity index (χ4n) is 2.02.